The lowest BCUT2D eigenvalue weighted by Gasteiger charge is -2.05. The monoisotopic (exact) mass is 456 g/mol. The standard InChI is InChI=1S/C23H24N2O4S2/c1-4-27-12-11-25-17-10-9-16(30-3)14-20(17)31-23(25)24-22(26)19-13-15-7-6-8-18(28-5-2)21(15)29-19/h6-10,13-14H,4-5,11-12H2,1-3H3. The summed E-state index contributed by atoms with van der Waals surface area (Å²) in [5, 5.41) is 0.815. The van der Waals surface area contributed by atoms with Crippen molar-refractivity contribution in [2.45, 2.75) is 25.3 Å². The number of para-hydroxylation sites is 1. The molecule has 6 nitrogen and oxygen atoms in total. The third kappa shape index (κ3) is 4.56. The maximum atomic E-state index is 13.0. The Morgan fingerprint density at radius 2 is 2.06 bits per heavy atom. The van der Waals surface area contributed by atoms with Crippen LogP contribution in [0.5, 0.6) is 5.75 Å². The van der Waals surface area contributed by atoms with Crippen molar-refractivity contribution in [3.8, 4) is 5.75 Å². The number of hydrogen-bond acceptors (Lipinski definition) is 6. The molecule has 4 rings (SSSR count). The molecule has 4 aromatic rings. The van der Waals surface area contributed by atoms with Crippen molar-refractivity contribution in [2.75, 3.05) is 26.1 Å². The van der Waals surface area contributed by atoms with Crippen molar-refractivity contribution in [2.24, 2.45) is 4.99 Å². The second-order valence-electron chi connectivity index (χ2n) is 6.70. The minimum absolute atomic E-state index is 0.195. The highest BCUT2D eigenvalue weighted by Crippen LogP contribution is 2.29. The predicted octanol–water partition coefficient (Wildman–Crippen LogP) is 5.35. The van der Waals surface area contributed by atoms with E-state index in [1.54, 1.807) is 17.8 Å². The van der Waals surface area contributed by atoms with Gasteiger partial charge >= 0.3 is 5.91 Å². The molecule has 0 fully saturated rings. The molecule has 0 aliphatic heterocycles. The maximum Gasteiger partial charge on any atom is 0.315 e. The van der Waals surface area contributed by atoms with Gasteiger partial charge in [-0.3, -0.25) is 4.79 Å². The Morgan fingerprint density at radius 3 is 2.84 bits per heavy atom. The van der Waals surface area contributed by atoms with Crippen LogP contribution in [0.4, 0.5) is 0 Å². The number of thiazole rings is 1. The summed E-state index contributed by atoms with van der Waals surface area (Å²) in [5.74, 6) is 0.401. The first-order valence-electron chi connectivity index (χ1n) is 10.1. The first kappa shape index (κ1) is 21.7. The quantitative estimate of drug-likeness (QED) is 0.264. The van der Waals surface area contributed by atoms with E-state index in [1.807, 2.05) is 42.9 Å². The molecule has 0 spiro atoms. The Hall–Kier alpha value is -2.55. The fourth-order valence-corrected chi connectivity index (χ4v) is 4.94. The first-order chi connectivity index (χ1) is 15.1. The highest BCUT2D eigenvalue weighted by Gasteiger charge is 2.16. The van der Waals surface area contributed by atoms with Gasteiger partial charge in [-0.2, -0.15) is 4.99 Å². The van der Waals surface area contributed by atoms with Gasteiger partial charge in [0.25, 0.3) is 0 Å². The van der Waals surface area contributed by atoms with E-state index < -0.39 is 5.91 Å². The summed E-state index contributed by atoms with van der Waals surface area (Å²) in [7, 11) is 0. The number of benzene rings is 2. The second kappa shape index (κ2) is 9.72. The SMILES string of the molecule is CCOCCn1c(=NC(=O)c2cc3cccc(OCC)c3o2)sc2cc(SC)ccc21. The Kier molecular flexibility index (Phi) is 6.80. The fourth-order valence-electron chi connectivity index (χ4n) is 3.33. The molecule has 31 heavy (non-hydrogen) atoms. The second-order valence-corrected chi connectivity index (χ2v) is 8.59. The number of furan rings is 1. The van der Waals surface area contributed by atoms with Crippen LogP contribution >= 0.6 is 23.1 Å². The van der Waals surface area contributed by atoms with Gasteiger partial charge in [-0.1, -0.05) is 23.5 Å². The average Bonchev–Trinajstić information content (AvgIpc) is 3.36. The number of thioether (sulfide) groups is 1. The Bertz CT molecular complexity index is 1290. The number of nitrogens with zero attached hydrogens (tertiary/aromatic N) is 2. The number of amides is 1. The molecule has 162 valence electrons. The molecule has 0 atom stereocenters. The molecular weight excluding hydrogens is 432 g/mol. The summed E-state index contributed by atoms with van der Waals surface area (Å²) < 4.78 is 20.1. The molecule has 2 aromatic heterocycles. The van der Waals surface area contributed by atoms with Gasteiger partial charge in [-0.05, 0) is 50.4 Å². The third-order valence-electron chi connectivity index (χ3n) is 4.77. The zero-order valence-electron chi connectivity index (χ0n) is 17.7. The Morgan fingerprint density at radius 1 is 1.19 bits per heavy atom. The number of fused-ring (bicyclic) bond motifs is 2. The zero-order valence-corrected chi connectivity index (χ0v) is 19.3. The van der Waals surface area contributed by atoms with Gasteiger partial charge in [0.15, 0.2) is 21.9 Å². The summed E-state index contributed by atoms with van der Waals surface area (Å²) in [4.78, 5) is 19.2. The van der Waals surface area contributed by atoms with Gasteiger partial charge in [-0.25, -0.2) is 0 Å². The van der Waals surface area contributed by atoms with Gasteiger partial charge in [0.2, 0.25) is 0 Å². The van der Waals surface area contributed by atoms with E-state index in [-0.39, 0.29) is 5.76 Å². The molecule has 0 unspecified atom stereocenters. The van der Waals surface area contributed by atoms with Gasteiger partial charge in [0.05, 0.1) is 23.4 Å². The van der Waals surface area contributed by atoms with Gasteiger partial charge in [0, 0.05) is 23.4 Å². The number of aromatic nitrogens is 1. The number of carbonyl (C=O) groups is 1. The van der Waals surface area contributed by atoms with Crippen molar-refractivity contribution in [3.63, 3.8) is 0 Å². The van der Waals surface area contributed by atoms with Crippen LogP contribution in [0, 0.1) is 0 Å². The van der Waals surface area contributed by atoms with Gasteiger partial charge in [-0.15, -0.1) is 11.8 Å². The largest absolute Gasteiger partial charge is 0.490 e. The average molecular weight is 457 g/mol. The van der Waals surface area contributed by atoms with E-state index in [9.17, 15) is 4.79 Å². The zero-order chi connectivity index (χ0) is 21.8. The molecule has 0 aliphatic rings. The molecule has 0 bridgehead atoms. The molecule has 0 saturated carbocycles. The van der Waals surface area contributed by atoms with Crippen LogP contribution in [0.25, 0.3) is 21.2 Å². The summed E-state index contributed by atoms with van der Waals surface area (Å²) >= 11 is 3.18. The Balaban J connectivity index is 1.77. The topological polar surface area (TPSA) is 66.0 Å². The molecule has 2 heterocycles. The maximum absolute atomic E-state index is 13.0. The first-order valence-corrected chi connectivity index (χ1v) is 12.2. The highest BCUT2D eigenvalue weighted by atomic mass is 32.2. The van der Waals surface area contributed by atoms with Crippen molar-refractivity contribution in [3.05, 3.63) is 53.0 Å². The molecular formula is C23H24N2O4S2. The van der Waals surface area contributed by atoms with Crippen molar-refractivity contribution >= 4 is 50.2 Å². The summed E-state index contributed by atoms with van der Waals surface area (Å²) in [6.07, 6.45) is 2.05. The van der Waals surface area contributed by atoms with Crippen LogP contribution in [0.2, 0.25) is 0 Å². The van der Waals surface area contributed by atoms with Crippen LogP contribution in [0.1, 0.15) is 24.4 Å². The third-order valence-corrected chi connectivity index (χ3v) is 6.54. The lowest BCUT2D eigenvalue weighted by molar-refractivity contribution is 0.0972. The van der Waals surface area contributed by atoms with E-state index in [1.165, 1.54) is 16.2 Å². The van der Waals surface area contributed by atoms with Crippen LogP contribution in [-0.4, -0.2) is 36.6 Å². The van der Waals surface area contributed by atoms with Crippen LogP contribution in [-0.2, 0) is 11.3 Å². The number of hydrogen-bond donors (Lipinski definition) is 0. The van der Waals surface area contributed by atoms with E-state index in [0.29, 0.717) is 42.5 Å². The van der Waals surface area contributed by atoms with Crippen molar-refractivity contribution in [1.82, 2.24) is 4.57 Å². The van der Waals surface area contributed by atoms with Crippen LogP contribution in [0.15, 0.2) is 56.8 Å². The highest BCUT2D eigenvalue weighted by molar-refractivity contribution is 7.98. The molecule has 8 heteroatoms. The molecule has 0 aliphatic carbocycles. The van der Waals surface area contributed by atoms with Gasteiger partial charge < -0.3 is 18.5 Å². The van der Waals surface area contributed by atoms with Gasteiger partial charge in [0.1, 0.15) is 0 Å². The number of rotatable bonds is 8. The minimum atomic E-state index is -0.416. The predicted molar refractivity (Wildman–Crippen MR) is 125 cm³/mol. The van der Waals surface area contributed by atoms with E-state index in [0.717, 1.165) is 15.6 Å². The lowest BCUT2D eigenvalue weighted by atomic mass is 10.2. The fraction of sp³-hybridized carbons (Fsp3) is 0.304. The number of ether oxygens (including phenoxy) is 2. The smallest absolute Gasteiger partial charge is 0.315 e. The summed E-state index contributed by atoms with van der Waals surface area (Å²) in [5.41, 5.74) is 1.60. The summed E-state index contributed by atoms with van der Waals surface area (Å²) in [6.45, 7) is 6.21. The number of carbonyl (C=O) groups excluding carboxylic acids is 1. The molecule has 1 amide bonds. The molecule has 0 radical (unpaired) electrons. The van der Waals surface area contributed by atoms with Crippen LogP contribution < -0.4 is 9.54 Å². The van der Waals surface area contributed by atoms with Crippen molar-refractivity contribution < 1.29 is 18.7 Å². The molecule has 0 N–H and O–H groups in total. The van der Waals surface area contributed by atoms with E-state index >= 15 is 0 Å². The lowest BCUT2D eigenvalue weighted by Crippen LogP contribution is -2.19. The minimum Gasteiger partial charge on any atom is -0.490 e. The van der Waals surface area contributed by atoms with Crippen molar-refractivity contribution in [1.29, 1.82) is 0 Å². The molecule has 0 saturated heterocycles. The Labute approximate surface area is 188 Å². The van der Waals surface area contributed by atoms with E-state index in [2.05, 4.69) is 23.2 Å². The van der Waals surface area contributed by atoms with Crippen LogP contribution in [0.3, 0.4) is 0 Å². The normalized spacial score (nSPS) is 12.2. The van der Waals surface area contributed by atoms with E-state index in [4.69, 9.17) is 13.9 Å². The molecule has 2 aromatic carbocycles. The summed E-state index contributed by atoms with van der Waals surface area (Å²) in [6, 6.07) is 13.6.